The van der Waals surface area contributed by atoms with Crippen LogP contribution in [0.2, 0.25) is 0 Å². The van der Waals surface area contributed by atoms with Crippen LogP contribution in [0.15, 0.2) is 0 Å². The quantitative estimate of drug-likeness (QED) is 0.636. The maximum absolute atomic E-state index is 10.5. The van der Waals surface area contributed by atoms with E-state index in [2.05, 4.69) is 5.92 Å². The molecule has 0 saturated carbocycles. The van der Waals surface area contributed by atoms with Crippen molar-refractivity contribution < 1.29 is 14.6 Å². The Morgan fingerprint density at radius 2 is 2.20 bits per heavy atom. The predicted molar refractivity (Wildman–Crippen MR) is 58.6 cm³/mol. The molecule has 0 aliphatic rings. The first-order valence-electron chi connectivity index (χ1n) is 4.84. The molecule has 0 aromatic carbocycles. The van der Waals surface area contributed by atoms with Crippen molar-refractivity contribution in [1.82, 2.24) is 4.90 Å². The van der Waals surface area contributed by atoms with Gasteiger partial charge >= 0.3 is 5.97 Å². The van der Waals surface area contributed by atoms with E-state index in [4.69, 9.17) is 16.3 Å². The first-order chi connectivity index (χ1) is 6.91. The number of carbonyl (C=O) groups is 1. The van der Waals surface area contributed by atoms with Crippen molar-refractivity contribution >= 4 is 5.97 Å². The Morgan fingerprint density at radius 1 is 1.60 bits per heavy atom. The summed E-state index contributed by atoms with van der Waals surface area (Å²) < 4.78 is 5.25. The molecule has 0 radical (unpaired) electrons. The van der Waals surface area contributed by atoms with Crippen LogP contribution in [0.25, 0.3) is 0 Å². The number of terminal acetylenes is 1. The summed E-state index contributed by atoms with van der Waals surface area (Å²) in [4.78, 5) is 12.2. The molecule has 0 bridgehead atoms. The molecule has 15 heavy (non-hydrogen) atoms. The highest BCUT2D eigenvalue weighted by Gasteiger charge is 2.18. The Balaban J connectivity index is 4.07. The summed E-state index contributed by atoms with van der Waals surface area (Å²) in [5, 5.41) is 8.66. The molecule has 1 N–H and O–H groups in total. The highest BCUT2D eigenvalue weighted by molar-refractivity contribution is 5.69. The lowest BCUT2D eigenvalue weighted by molar-refractivity contribution is -0.138. The van der Waals surface area contributed by atoms with Crippen LogP contribution < -0.4 is 0 Å². The number of aliphatic carboxylic acids is 1. The maximum atomic E-state index is 10.5. The monoisotopic (exact) mass is 213 g/mol. The maximum Gasteiger partial charge on any atom is 0.317 e. The molecule has 0 aromatic rings. The minimum atomic E-state index is -0.861. The van der Waals surface area contributed by atoms with Crippen LogP contribution in [-0.2, 0) is 9.53 Å². The molecule has 86 valence electrons. The second-order valence-electron chi connectivity index (χ2n) is 4.02. The molecular formula is C11H19NO3. The van der Waals surface area contributed by atoms with Gasteiger partial charge in [0.15, 0.2) is 0 Å². The van der Waals surface area contributed by atoms with Crippen LogP contribution in [0.4, 0.5) is 0 Å². The summed E-state index contributed by atoms with van der Waals surface area (Å²) in [6.45, 7) is 4.87. The van der Waals surface area contributed by atoms with E-state index in [1.165, 1.54) is 0 Å². The second-order valence-corrected chi connectivity index (χ2v) is 4.02. The van der Waals surface area contributed by atoms with Crippen molar-refractivity contribution in [2.24, 2.45) is 0 Å². The molecule has 0 amide bonds. The van der Waals surface area contributed by atoms with Crippen molar-refractivity contribution in [2.75, 3.05) is 26.7 Å². The van der Waals surface area contributed by atoms with Crippen molar-refractivity contribution in [1.29, 1.82) is 0 Å². The fourth-order valence-electron chi connectivity index (χ4n) is 1.06. The van der Waals surface area contributed by atoms with E-state index < -0.39 is 5.97 Å². The van der Waals surface area contributed by atoms with E-state index >= 15 is 0 Å². The first kappa shape index (κ1) is 13.9. The number of carboxylic acid groups (broad SMARTS) is 1. The van der Waals surface area contributed by atoms with Gasteiger partial charge in [0, 0.05) is 13.7 Å². The molecule has 0 atom stereocenters. The fourth-order valence-corrected chi connectivity index (χ4v) is 1.06. The Kier molecular flexibility index (Phi) is 5.99. The average Bonchev–Trinajstić information content (AvgIpc) is 2.14. The van der Waals surface area contributed by atoms with Crippen molar-refractivity contribution in [3.05, 3.63) is 0 Å². The lowest BCUT2D eigenvalue weighted by atomic mass is 10.1. The third kappa shape index (κ3) is 6.95. The van der Waals surface area contributed by atoms with Crippen LogP contribution in [-0.4, -0.2) is 48.3 Å². The van der Waals surface area contributed by atoms with Gasteiger partial charge in [0.05, 0.1) is 18.7 Å². The van der Waals surface area contributed by atoms with Crippen molar-refractivity contribution in [3.8, 4) is 12.3 Å². The molecule has 0 saturated heterocycles. The number of ether oxygens (including phenoxy) is 1. The van der Waals surface area contributed by atoms with Gasteiger partial charge in [0.1, 0.15) is 0 Å². The van der Waals surface area contributed by atoms with Gasteiger partial charge < -0.3 is 9.84 Å². The van der Waals surface area contributed by atoms with Gasteiger partial charge in [0.2, 0.25) is 0 Å². The van der Waals surface area contributed by atoms with E-state index in [0.29, 0.717) is 13.1 Å². The fraction of sp³-hybridized carbons (Fsp3) is 0.727. The first-order valence-corrected chi connectivity index (χ1v) is 4.84. The van der Waals surface area contributed by atoms with E-state index in [0.717, 1.165) is 6.42 Å². The standard InChI is InChI=1S/C11H19NO3/c1-5-7-12(9-10(13)14)8-6-11(2,3)15-4/h1H,6-9H2,2-4H3,(H,13,14). The highest BCUT2D eigenvalue weighted by atomic mass is 16.5. The zero-order valence-corrected chi connectivity index (χ0v) is 9.62. The normalized spacial score (nSPS) is 11.4. The Labute approximate surface area is 91.2 Å². The van der Waals surface area contributed by atoms with Crippen LogP contribution >= 0.6 is 0 Å². The lowest BCUT2D eigenvalue weighted by Crippen LogP contribution is -2.35. The molecule has 0 unspecified atom stereocenters. The molecule has 0 heterocycles. The molecule has 4 nitrogen and oxygen atoms in total. The number of rotatable bonds is 7. The molecule has 4 heteroatoms. The highest BCUT2D eigenvalue weighted by Crippen LogP contribution is 2.13. The third-order valence-corrected chi connectivity index (χ3v) is 2.26. The van der Waals surface area contributed by atoms with Gasteiger partial charge in [-0.05, 0) is 20.3 Å². The molecule has 0 rings (SSSR count). The van der Waals surface area contributed by atoms with Crippen LogP contribution in [0, 0.1) is 12.3 Å². The zero-order valence-electron chi connectivity index (χ0n) is 9.62. The molecule has 0 aliphatic carbocycles. The molecular weight excluding hydrogens is 194 g/mol. The minimum absolute atomic E-state index is 0.0238. The number of methoxy groups -OCH3 is 1. The predicted octanol–water partition coefficient (Wildman–Crippen LogP) is 0.821. The van der Waals surface area contributed by atoms with Gasteiger partial charge in [-0.1, -0.05) is 5.92 Å². The van der Waals surface area contributed by atoms with E-state index in [1.807, 2.05) is 13.8 Å². The van der Waals surface area contributed by atoms with Gasteiger partial charge in [-0.3, -0.25) is 9.69 Å². The number of hydrogen-bond acceptors (Lipinski definition) is 3. The summed E-state index contributed by atoms with van der Waals surface area (Å²) in [7, 11) is 1.64. The summed E-state index contributed by atoms with van der Waals surface area (Å²) in [5.74, 6) is 1.59. The molecule has 0 spiro atoms. The van der Waals surface area contributed by atoms with Gasteiger partial charge in [-0.15, -0.1) is 6.42 Å². The second kappa shape index (κ2) is 6.44. The van der Waals surface area contributed by atoms with Crippen LogP contribution in [0.5, 0.6) is 0 Å². The van der Waals surface area contributed by atoms with Crippen molar-refractivity contribution in [2.45, 2.75) is 25.9 Å². The third-order valence-electron chi connectivity index (χ3n) is 2.26. The smallest absolute Gasteiger partial charge is 0.317 e. The Bertz CT molecular complexity index is 243. The molecule has 0 aromatic heterocycles. The van der Waals surface area contributed by atoms with E-state index in [9.17, 15) is 4.79 Å². The SMILES string of the molecule is C#CCN(CCC(C)(C)OC)CC(=O)O. The average molecular weight is 213 g/mol. The van der Waals surface area contributed by atoms with Crippen LogP contribution in [0.1, 0.15) is 20.3 Å². The van der Waals surface area contributed by atoms with E-state index in [-0.39, 0.29) is 12.1 Å². The number of carboxylic acids is 1. The number of hydrogen-bond donors (Lipinski definition) is 1. The summed E-state index contributed by atoms with van der Waals surface area (Å²) in [5.41, 5.74) is -0.245. The van der Waals surface area contributed by atoms with Crippen LogP contribution in [0.3, 0.4) is 0 Å². The van der Waals surface area contributed by atoms with E-state index in [1.54, 1.807) is 12.0 Å². The van der Waals surface area contributed by atoms with Gasteiger partial charge in [-0.2, -0.15) is 0 Å². The summed E-state index contributed by atoms with van der Waals surface area (Å²) in [6.07, 6.45) is 5.91. The number of nitrogens with zero attached hydrogens (tertiary/aromatic N) is 1. The summed E-state index contributed by atoms with van der Waals surface area (Å²) >= 11 is 0. The summed E-state index contributed by atoms with van der Waals surface area (Å²) in [6, 6.07) is 0. The van der Waals surface area contributed by atoms with Crippen molar-refractivity contribution in [3.63, 3.8) is 0 Å². The van der Waals surface area contributed by atoms with Gasteiger partial charge in [-0.25, -0.2) is 0 Å². The topological polar surface area (TPSA) is 49.8 Å². The van der Waals surface area contributed by atoms with Gasteiger partial charge in [0.25, 0.3) is 0 Å². The Hall–Kier alpha value is -1.05. The largest absolute Gasteiger partial charge is 0.480 e. The molecule has 0 fully saturated rings. The zero-order chi connectivity index (χ0) is 11.9. The minimum Gasteiger partial charge on any atom is -0.480 e. The Morgan fingerprint density at radius 3 is 2.60 bits per heavy atom. The molecule has 0 aliphatic heterocycles. The lowest BCUT2D eigenvalue weighted by Gasteiger charge is -2.26.